The first-order valence-electron chi connectivity index (χ1n) is 12.6. The van der Waals surface area contributed by atoms with E-state index < -0.39 is 35.6 Å². The van der Waals surface area contributed by atoms with Crippen LogP contribution in [-0.2, 0) is 19.1 Å². The Morgan fingerprint density at radius 2 is 1.91 bits per heavy atom. The molecular formula is C27H41NO6S. The number of nitrogens with zero attached hydrogens (tertiary/aromatic N) is 1. The SMILES string of the molecule is CC(=Cc1csc(C)n1)C1CC2O[C@]2(C)CCCC(C)C(O)C(C)C(=O)C(C)(C)C(O)CC(=O)O1. The molecule has 3 heterocycles. The van der Waals surface area contributed by atoms with Crippen LogP contribution in [0.3, 0.4) is 0 Å². The van der Waals surface area contributed by atoms with Gasteiger partial charge >= 0.3 is 5.97 Å². The number of Topliss-reactive ketones (excluding diaryl/α,β-unsaturated/α-hetero) is 1. The Bertz CT molecular complexity index is 955. The van der Waals surface area contributed by atoms with Gasteiger partial charge in [-0.3, -0.25) is 9.59 Å². The lowest BCUT2D eigenvalue weighted by molar-refractivity contribution is -0.154. The maximum absolute atomic E-state index is 13.2. The van der Waals surface area contributed by atoms with E-state index in [0.717, 1.165) is 35.5 Å². The maximum atomic E-state index is 13.2. The molecule has 0 aliphatic carbocycles. The van der Waals surface area contributed by atoms with Crippen LogP contribution in [-0.4, -0.2) is 57.0 Å². The second-order valence-electron chi connectivity index (χ2n) is 11.3. The van der Waals surface area contributed by atoms with Gasteiger partial charge in [-0.15, -0.1) is 11.3 Å². The third-order valence-electron chi connectivity index (χ3n) is 7.93. The molecule has 6 unspecified atom stereocenters. The molecular weight excluding hydrogens is 466 g/mol. The zero-order chi connectivity index (χ0) is 26.1. The Morgan fingerprint density at radius 1 is 1.23 bits per heavy atom. The van der Waals surface area contributed by atoms with Crippen molar-refractivity contribution in [2.75, 3.05) is 0 Å². The Hall–Kier alpha value is -1.61. The van der Waals surface area contributed by atoms with Crippen molar-refractivity contribution in [3.05, 3.63) is 21.7 Å². The quantitative estimate of drug-likeness (QED) is 0.449. The van der Waals surface area contributed by atoms with E-state index in [1.165, 1.54) is 0 Å². The van der Waals surface area contributed by atoms with Gasteiger partial charge in [0.25, 0.3) is 0 Å². The fourth-order valence-electron chi connectivity index (χ4n) is 5.07. The van der Waals surface area contributed by atoms with Gasteiger partial charge in [-0.1, -0.05) is 34.1 Å². The molecule has 0 aromatic carbocycles. The van der Waals surface area contributed by atoms with E-state index in [4.69, 9.17) is 9.47 Å². The number of hydrogen-bond donors (Lipinski definition) is 2. The third-order valence-corrected chi connectivity index (χ3v) is 8.72. The Labute approximate surface area is 212 Å². The molecule has 0 spiro atoms. The van der Waals surface area contributed by atoms with Crippen LogP contribution in [0.25, 0.3) is 6.08 Å². The number of aromatic nitrogens is 1. The Kier molecular flexibility index (Phi) is 8.62. The molecule has 0 bridgehead atoms. The third kappa shape index (κ3) is 6.59. The van der Waals surface area contributed by atoms with E-state index in [9.17, 15) is 19.8 Å². The average Bonchev–Trinajstić information content (AvgIpc) is 3.22. The van der Waals surface area contributed by atoms with Gasteiger partial charge in [-0.05, 0) is 51.2 Å². The summed E-state index contributed by atoms with van der Waals surface area (Å²) in [4.78, 5) is 30.6. The number of epoxide rings is 1. The normalized spacial score (nSPS) is 37.5. The molecule has 7 nitrogen and oxygen atoms in total. The number of esters is 1. The van der Waals surface area contributed by atoms with Crippen molar-refractivity contribution in [1.29, 1.82) is 0 Å². The molecule has 2 saturated heterocycles. The first-order chi connectivity index (χ1) is 16.2. The zero-order valence-electron chi connectivity index (χ0n) is 22.0. The molecule has 0 amide bonds. The summed E-state index contributed by atoms with van der Waals surface area (Å²) in [5, 5.41) is 24.6. The van der Waals surface area contributed by atoms with Crippen molar-refractivity contribution in [2.24, 2.45) is 17.3 Å². The summed E-state index contributed by atoms with van der Waals surface area (Å²) >= 11 is 1.56. The van der Waals surface area contributed by atoms with Crippen LogP contribution in [0, 0.1) is 24.2 Å². The van der Waals surface area contributed by atoms with Crippen LogP contribution in [0.2, 0.25) is 0 Å². The molecule has 8 heteroatoms. The fourth-order valence-corrected chi connectivity index (χ4v) is 5.64. The van der Waals surface area contributed by atoms with E-state index >= 15 is 0 Å². The molecule has 3 rings (SSSR count). The number of carbonyl (C=O) groups excluding carboxylic acids is 2. The van der Waals surface area contributed by atoms with Crippen LogP contribution in [0.4, 0.5) is 0 Å². The monoisotopic (exact) mass is 507 g/mol. The molecule has 35 heavy (non-hydrogen) atoms. The number of fused-ring (bicyclic) bond motifs is 1. The molecule has 0 saturated carbocycles. The molecule has 2 aliphatic heterocycles. The Morgan fingerprint density at radius 3 is 2.54 bits per heavy atom. The number of rotatable bonds is 2. The highest BCUT2D eigenvalue weighted by atomic mass is 32.1. The number of ether oxygens (including phenoxy) is 2. The van der Waals surface area contributed by atoms with Crippen molar-refractivity contribution in [1.82, 2.24) is 4.98 Å². The van der Waals surface area contributed by atoms with Crippen molar-refractivity contribution in [2.45, 2.75) is 111 Å². The van der Waals surface area contributed by atoms with Gasteiger partial charge in [0.1, 0.15) is 11.9 Å². The number of ketones is 1. The van der Waals surface area contributed by atoms with Crippen LogP contribution >= 0.6 is 11.3 Å². The molecule has 1 aromatic rings. The van der Waals surface area contributed by atoms with Crippen molar-refractivity contribution >= 4 is 29.2 Å². The van der Waals surface area contributed by atoms with Crippen LogP contribution < -0.4 is 0 Å². The highest BCUT2D eigenvalue weighted by molar-refractivity contribution is 7.09. The van der Waals surface area contributed by atoms with Gasteiger partial charge in [0.2, 0.25) is 0 Å². The average molecular weight is 508 g/mol. The van der Waals surface area contributed by atoms with Crippen molar-refractivity contribution in [3.8, 4) is 0 Å². The summed E-state index contributed by atoms with van der Waals surface area (Å²) in [5.74, 6) is -1.55. The second kappa shape index (κ2) is 10.8. The number of thiazole rings is 1. The maximum Gasteiger partial charge on any atom is 0.309 e. The van der Waals surface area contributed by atoms with E-state index in [1.54, 1.807) is 32.1 Å². The molecule has 2 aliphatic rings. The van der Waals surface area contributed by atoms with Gasteiger partial charge in [0.05, 0.1) is 46.5 Å². The number of carbonyl (C=O) groups is 2. The number of cyclic esters (lactones) is 1. The molecule has 1 aromatic heterocycles. The highest BCUT2D eigenvalue weighted by Crippen LogP contribution is 2.45. The Balaban J connectivity index is 1.85. The molecule has 2 fully saturated rings. The first kappa shape index (κ1) is 28.0. The first-order valence-corrected chi connectivity index (χ1v) is 13.5. The molecule has 196 valence electrons. The minimum atomic E-state index is -1.23. The highest BCUT2D eigenvalue weighted by Gasteiger charge is 2.53. The zero-order valence-corrected chi connectivity index (χ0v) is 22.9. The lowest BCUT2D eigenvalue weighted by atomic mass is 9.73. The summed E-state index contributed by atoms with van der Waals surface area (Å²) < 4.78 is 11.9. The largest absolute Gasteiger partial charge is 0.458 e. The molecule has 0 radical (unpaired) electrons. The number of aryl methyl sites for hydroxylation is 1. The van der Waals surface area contributed by atoms with Crippen molar-refractivity contribution < 1.29 is 29.3 Å². The van der Waals surface area contributed by atoms with E-state index in [2.05, 4.69) is 11.9 Å². The molecule has 2 N–H and O–H groups in total. The van der Waals surface area contributed by atoms with Crippen LogP contribution in [0.1, 0.15) is 84.3 Å². The lowest BCUT2D eigenvalue weighted by Gasteiger charge is -2.34. The number of aliphatic hydroxyl groups is 2. The lowest BCUT2D eigenvalue weighted by Crippen LogP contribution is -2.45. The number of hydrogen-bond acceptors (Lipinski definition) is 8. The van der Waals surface area contributed by atoms with Gasteiger partial charge < -0.3 is 19.7 Å². The number of aliphatic hydroxyl groups excluding tert-OH is 2. The van der Waals surface area contributed by atoms with E-state index in [0.29, 0.717) is 6.42 Å². The summed E-state index contributed by atoms with van der Waals surface area (Å²) in [7, 11) is 0. The minimum Gasteiger partial charge on any atom is -0.458 e. The van der Waals surface area contributed by atoms with E-state index in [1.807, 2.05) is 32.2 Å². The van der Waals surface area contributed by atoms with Crippen LogP contribution in [0.15, 0.2) is 11.0 Å². The predicted octanol–water partition coefficient (Wildman–Crippen LogP) is 4.48. The van der Waals surface area contributed by atoms with Gasteiger partial charge in [0, 0.05) is 17.7 Å². The predicted molar refractivity (Wildman–Crippen MR) is 136 cm³/mol. The summed E-state index contributed by atoms with van der Waals surface area (Å²) in [6.07, 6.45) is 1.98. The summed E-state index contributed by atoms with van der Waals surface area (Å²) in [5.41, 5.74) is 0.179. The van der Waals surface area contributed by atoms with Crippen LogP contribution in [0.5, 0.6) is 0 Å². The summed E-state index contributed by atoms with van der Waals surface area (Å²) in [6, 6.07) is 0. The van der Waals surface area contributed by atoms with Gasteiger partial charge in [-0.25, -0.2) is 4.98 Å². The second-order valence-corrected chi connectivity index (χ2v) is 12.3. The summed E-state index contributed by atoms with van der Waals surface area (Å²) in [6.45, 7) is 12.8. The standard InChI is InChI=1S/C27H41NO6S/c1-15-9-8-10-27(7)22(34-27)12-20(16(2)11-19-14-35-18(4)28-19)33-23(30)13-21(29)26(5,6)25(32)17(3)24(15)31/h11,14-15,17,20-22,24,29,31H,8-10,12-13H2,1-7H3/t15?,17?,20?,21?,22?,24?,27-/m1/s1. The van der Waals surface area contributed by atoms with Gasteiger partial charge in [0.15, 0.2) is 0 Å². The van der Waals surface area contributed by atoms with Gasteiger partial charge in [-0.2, -0.15) is 0 Å². The topological polar surface area (TPSA) is 109 Å². The minimum absolute atomic E-state index is 0.0455. The van der Waals surface area contributed by atoms with Crippen molar-refractivity contribution in [3.63, 3.8) is 0 Å². The smallest absolute Gasteiger partial charge is 0.309 e. The fraction of sp³-hybridized carbons (Fsp3) is 0.741. The molecule has 7 atom stereocenters. The van der Waals surface area contributed by atoms with E-state index in [-0.39, 0.29) is 29.8 Å².